The molecule has 1 aromatic heterocycles. The highest BCUT2D eigenvalue weighted by atomic mass is 16.2. The van der Waals surface area contributed by atoms with Crippen LogP contribution in [0.5, 0.6) is 0 Å². The summed E-state index contributed by atoms with van der Waals surface area (Å²) >= 11 is 0. The fourth-order valence-corrected chi connectivity index (χ4v) is 1.69. The van der Waals surface area contributed by atoms with Crippen LogP contribution < -0.4 is 0 Å². The Balaban J connectivity index is 2.13. The molecule has 0 saturated carbocycles. The molecule has 2 rings (SSSR count). The number of carbonyl (C=O) groups excluding carboxylic acids is 2. The highest BCUT2D eigenvalue weighted by Gasteiger charge is 2.20. The van der Waals surface area contributed by atoms with Gasteiger partial charge < -0.3 is 9.88 Å². The van der Waals surface area contributed by atoms with Crippen LogP contribution in [0.4, 0.5) is 0 Å². The molecule has 0 radical (unpaired) electrons. The van der Waals surface area contributed by atoms with E-state index in [9.17, 15) is 9.59 Å². The van der Waals surface area contributed by atoms with E-state index in [2.05, 4.69) is 4.98 Å². The number of hydrogen-bond donors (Lipinski definition) is 1. The first-order valence-electron chi connectivity index (χ1n) is 4.74. The minimum Gasteiger partial charge on any atom is -0.356 e. The Hall–Kier alpha value is -1.58. The van der Waals surface area contributed by atoms with Crippen LogP contribution in [0.15, 0.2) is 12.3 Å². The Kier molecular flexibility index (Phi) is 2.35. The topological polar surface area (TPSA) is 53.2 Å². The third-order valence-corrected chi connectivity index (χ3v) is 2.47. The Labute approximate surface area is 81.9 Å². The van der Waals surface area contributed by atoms with Crippen molar-refractivity contribution in [3.63, 3.8) is 0 Å². The van der Waals surface area contributed by atoms with Crippen LogP contribution in [0.1, 0.15) is 33.7 Å². The summed E-state index contributed by atoms with van der Waals surface area (Å²) < 4.78 is 0. The molecule has 0 aliphatic carbocycles. The Morgan fingerprint density at radius 3 is 2.71 bits per heavy atom. The molecule has 4 heteroatoms. The molecule has 1 aliphatic heterocycles. The van der Waals surface area contributed by atoms with Crippen LogP contribution in [-0.2, 0) is 0 Å². The van der Waals surface area contributed by atoms with Gasteiger partial charge in [-0.3, -0.25) is 9.59 Å². The van der Waals surface area contributed by atoms with Crippen molar-refractivity contribution < 1.29 is 9.59 Å². The summed E-state index contributed by atoms with van der Waals surface area (Å²) in [6.45, 7) is 1.66. The molecule has 74 valence electrons. The molecule has 0 unspecified atom stereocenters. The number of nitrogens with one attached hydrogen (secondary N) is 1. The maximum absolute atomic E-state index is 11.8. The summed E-state index contributed by atoms with van der Waals surface area (Å²) in [6, 6.07) is 1.59. The molecule has 1 amide bonds. The summed E-state index contributed by atoms with van der Waals surface area (Å²) in [6.07, 6.45) is 4.44. The van der Waals surface area contributed by atoms with E-state index < -0.39 is 0 Å². The predicted octanol–water partition coefficient (Wildman–Crippen LogP) is 1.06. The molecule has 1 aliphatic rings. The van der Waals surface area contributed by atoms with Crippen molar-refractivity contribution in [1.82, 2.24) is 9.88 Å². The van der Waals surface area contributed by atoms with Gasteiger partial charge in [-0.2, -0.15) is 0 Å². The van der Waals surface area contributed by atoms with Crippen LogP contribution in [0.25, 0.3) is 0 Å². The third-order valence-electron chi connectivity index (χ3n) is 2.47. The van der Waals surface area contributed by atoms with Crippen LogP contribution in [0.3, 0.4) is 0 Å². The molecule has 1 N–H and O–H groups in total. The Bertz CT molecular complexity index is 351. The molecule has 1 saturated heterocycles. The SMILES string of the molecule is O=Cc1c[nH]c(C(=O)N2CCCC2)c1. The second-order valence-corrected chi connectivity index (χ2v) is 3.46. The highest BCUT2D eigenvalue weighted by Crippen LogP contribution is 2.12. The van der Waals surface area contributed by atoms with Gasteiger partial charge in [-0.25, -0.2) is 0 Å². The molecule has 0 spiro atoms. The average molecular weight is 192 g/mol. The lowest BCUT2D eigenvalue weighted by Crippen LogP contribution is -2.27. The predicted molar refractivity (Wildman–Crippen MR) is 51.3 cm³/mol. The van der Waals surface area contributed by atoms with Gasteiger partial charge in [0.15, 0.2) is 6.29 Å². The van der Waals surface area contributed by atoms with Crippen molar-refractivity contribution in [3.05, 3.63) is 23.5 Å². The van der Waals surface area contributed by atoms with E-state index in [1.165, 1.54) is 0 Å². The summed E-state index contributed by atoms with van der Waals surface area (Å²) in [4.78, 5) is 26.8. The fraction of sp³-hybridized carbons (Fsp3) is 0.400. The molecule has 14 heavy (non-hydrogen) atoms. The van der Waals surface area contributed by atoms with Crippen LogP contribution in [-0.4, -0.2) is 35.2 Å². The Morgan fingerprint density at radius 2 is 2.14 bits per heavy atom. The van der Waals surface area contributed by atoms with E-state index in [1.807, 2.05) is 0 Å². The van der Waals surface area contributed by atoms with Crippen molar-refractivity contribution in [1.29, 1.82) is 0 Å². The summed E-state index contributed by atoms with van der Waals surface area (Å²) in [5.74, 6) is -0.00407. The van der Waals surface area contributed by atoms with Crippen LogP contribution >= 0.6 is 0 Å². The third kappa shape index (κ3) is 1.55. The number of amides is 1. The normalized spacial score (nSPS) is 15.9. The molecule has 0 aromatic carbocycles. The number of carbonyl (C=O) groups is 2. The standard InChI is InChI=1S/C10H12N2O2/c13-7-8-5-9(11-6-8)10(14)12-3-1-2-4-12/h5-7,11H,1-4H2. The van der Waals surface area contributed by atoms with Gasteiger partial charge in [-0.05, 0) is 18.9 Å². The second-order valence-electron chi connectivity index (χ2n) is 3.46. The van der Waals surface area contributed by atoms with Crippen molar-refractivity contribution in [2.24, 2.45) is 0 Å². The van der Waals surface area contributed by atoms with Gasteiger partial charge in [0.05, 0.1) is 0 Å². The minimum atomic E-state index is -0.00407. The first-order valence-corrected chi connectivity index (χ1v) is 4.74. The van der Waals surface area contributed by atoms with Gasteiger partial charge in [-0.1, -0.05) is 0 Å². The van der Waals surface area contributed by atoms with Gasteiger partial charge in [-0.15, -0.1) is 0 Å². The zero-order valence-corrected chi connectivity index (χ0v) is 7.82. The van der Waals surface area contributed by atoms with E-state index in [0.717, 1.165) is 32.2 Å². The van der Waals surface area contributed by atoms with Crippen LogP contribution in [0, 0.1) is 0 Å². The molecule has 0 atom stereocenters. The summed E-state index contributed by atoms with van der Waals surface area (Å²) in [5.41, 5.74) is 1.03. The van der Waals surface area contributed by atoms with E-state index in [4.69, 9.17) is 0 Å². The first-order chi connectivity index (χ1) is 6.81. The number of aromatic amines is 1. The van der Waals surface area contributed by atoms with E-state index in [0.29, 0.717) is 11.3 Å². The average Bonchev–Trinajstić information content (AvgIpc) is 2.88. The molecule has 1 aromatic rings. The zero-order chi connectivity index (χ0) is 9.97. The molecule has 4 nitrogen and oxygen atoms in total. The second kappa shape index (κ2) is 3.65. The summed E-state index contributed by atoms with van der Waals surface area (Å²) in [7, 11) is 0. The maximum Gasteiger partial charge on any atom is 0.270 e. The molecule has 2 heterocycles. The number of aldehydes is 1. The van der Waals surface area contributed by atoms with Crippen molar-refractivity contribution in [2.45, 2.75) is 12.8 Å². The molecular weight excluding hydrogens is 180 g/mol. The van der Waals surface area contributed by atoms with E-state index in [1.54, 1.807) is 17.2 Å². The first kappa shape index (κ1) is 8.99. The van der Waals surface area contributed by atoms with Crippen molar-refractivity contribution in [2.75, 3.05) is 13.1 Å². The number of nitrogens with zero attached hydrogens (tertiary/aromatic N) is 1. The monoisotopic (exact) mass is 192 g/mol. The molecule has 0 bridgehead atoms. The minimum absolute atomic E-state index is 0.00407. The lowest BCUT2D eigenvalue weighted by molar-refractivity contribution is 0.0787. The summed E-state index contributed by atoms with van der Waals surface area (Å²) in [5, 5.41) is 0. The number of rotatable bonds is 2. The molecule has 1 fully saturated rings. The van der Waals surface area contributed by atoms with Crippen molar-refractivity contribution in [3.8, 4) is 0 Å². The lowest BCUT2D eigenvalue weighted by Gasteiger charge is -2.13. The van der Waals surface area contributed by atoms with Gasteiger partial charge in [0, 0.05) is 24.8 Å². The zero-order valence-electron chi connectivity index (χ0n) is 7.82. The van der Waals surface area contributed by atoms with Gasteiger partial charge in [0.1, 0.15) is 5.69 Å². The van der Waals surface area contributed by atoms with Crippen molar-refractivity contribution >= 4 is 12.2 Å². The fourth-order valence-electron chi connectivity index (χ4n) is 1.69. The van der Waals surface area contributed by atoms with Gasteiger partial charge >= 0.3 is 0 Å². The number of likely N-dealkylation sites (tertiary alicyclic amines) is 1. The largest absolute Gasteiger partial charge is 0.356 e. The number of H-pyrrole nitrogens is 1. The van der Waals surface area contributed by atoms with Gasteiger partial charge in [0.2, 0.25) is 0 Å². The number of hydrogen-bond acceptors (Lipinski definition) is 2. The quantitative estimate of drug-likeness (QED) is 0.712. The maximum atomic E-state index is 11.8. The van der Waals surface area contributed by atoms with Gasteiger partial charge in [0.25, 0.3) is 5.91 Å². The number of aromatic nitrogens is 1. The molecular formula is C10H12N2O2. The van der Waals surface area contributed by atoms with E-state index in [-0.39, 0.29) is 5.91 Å². The van der Waals surface area contributed by atoms with Crippen LogP contribution in [0.2, 0.25) is 0 Å². The smallest absolute Gasteiger partial charge is 0.270 e. The van der Waals surface area contributed by atoms with E-state index >= 15 is 0 Å². The highest BCUT2D eigenvalue weighted by molar-refractivity contribution is 5.94. The lowest BCUT2D eigenvalue weighted by atomic mass is 10.3. The Morgan fingerprint density at radius 1 is 1.43 bits per heavy atom.